The summed E-state index contributed by atoms with van der Waals surface area (Å²) in [5, 5.41) is 20.4. The van der Waals surface area contributed by atoms with Crippen molar-refractivity contribution in [3.63, 3.8) is 0 Å². The summed E-state index contributed by atoms with van der Waals surface area (Å²) in [7, 11) is 0. The number of nitro groups is 1. The Morgan fingerprint density at radius 1 is 1.30 bits per heavy atom. The third kappa shape index (κ3) is 2.46. The van der Waals surface area contributed by atoms with Gasteiger partial charge < -0.3 is 4.74 Å². The van der Waals surface area contributed by atoms with Gasteiger partial charge in [-0.2, -0.15) is 5.10 Å². The number of fused-ring (bicyclic) bond motifs is 4. The van der Waals surface area contributed by atoms with Crippen molar-refractivity contribution in [2.75, 3.05) is 5.75 Å². The summed E-state index contributed by atoms with van der Waals surface area (Å²) in [5.41, 5.74) is 2.54. The lowest BCUT2D eigenvalue weighted by molar-refractivity contribution is -0.385. The molecule has 9 heteroatoms. The van der Waals surface area contributed by atoms with Crippen molar-refractivity contribution < 1.29 is 14.5 Å². The Morgan fingerprint density at radius 2 is 2.11 bits per heavy atom. The van der Waals surface area contributed by atoms with E-state index in [9.17, 15) is 14.9 Å². The van der Waals surface area contributed by atoms with Crippen molar-refractivity contribution >= 4 is 28.4 Å². The van der Waals surface area contributed by atoms with Gasteiger partial charge in [-0.25, -0.2) is 5.01 Å². The van der Waals surface area contributed by atoms with Gasteiger partial charge in [-0.3, -0.25) is 20.2 Å². The number of carbonyl (C=O) groups is 1. The maximum absolute atomic E-state index is 11.9. The number of amides is 1. The minimum Gasteiger partial charge on any atom is -0.447 e. The smallest absolute Gasteiger partial charge is 0.289 e. The maximum Gasteiger partial charge on any atom is 0.289 e. The van der Waals surface area contributed by atoms with Crippen LogP contribution in [0.3, 0.4) is 0 Å². The zero-order chi connectivity index (χ0) is 18.6. The second kappa shape index (κ2) is 5.71. The molecular weight excluding hydrogens is 368 g/mol. The molecule has 0 saturated carbocycles. The van der Waals surface area contributed by atoms with Crippen LogP contribution in [-0.2, 0) is 0 Å². The zero-order valence-electron chi connectivity index (χ0n) is 14.0. The van der Waals surface area contributed by atoms with Crippen molar-refractivity contribution in [1.29, 1.82) is 0 Å². The number of hydrogen-bond acceptors (Lipinski definition) is 7. The van der Waals surface area contributed by atoms with Crippen LogP contribution in [0.2, 0.25) is 0 Å². The number of carbonyl (C=O) groups excluding carboxylic acids is 1. The van der Waals surface area contributed by atoms with Crippen LogP contribution in [0.5, 0.6) is 5.75 Å². The van der Waals surface area contributed by atoms with Gasteiger partial charge in [-0.1, -0.05) is 42.1 Å². The van der Waals surface area contributed by atoms with Crippen LogP contribution in [0, 0.1) is 10.1 Å². The molecule has 1 N–H and O–H groups in total. The molecule has 2 aromatic carbocycles. The van der Waals surface area contributed by atoms with Gasteiger partial charge in [0.25, 0.3) is 16.8 Å². The maximum atomic E-state index is 11.9. The van der Waals surface area contributed by atoms with E-state index in [2.05, 4.69) is 5.32 Å². The summed E-state index contributed by atoms with van der Waals surface area (Å²) in [4.78, 5) is 22.7. The molecule has 0 aromatic heterocycles. The van der Waals surface area contributed by atoms with E-state index in [0.717, 1.165) is 23.0 Å². The second-order valence-electron chi connectivity index (χ2n) is 6.54. The molecule has 8 nitrogen and oxygen atoms in total. The summed E-state index contributed by atoms with van der Waals surface area (Å²) in [6.07, 6.45) is 0.573. The van der Waals surface area contributed by atoms with Gasteiger partial charge in [0.05, 0.1) is 22.4 Å². The van der Waals surface area contributed by atoms with Gasteiger partial charge in [-0.05, 0) is 11.6 Å². The normalized spacial score (nSPS) is 25.5. The molecule has 1 amide bonds. The highest BCUT2D eigenvalue weighted by Crippen LogP contribution is 2.49. The summed E-state index contributed by atoms with van der Waals surface area (Å²) >= 11 is 1.14. The number of rotatable bonds is 2. The van der Waals surface area contributed by atoms with Gasteiger partial charge in [0.1, 0.15) is 5.75 Å². The summed E-state index contributed by atoms with van der Waals surface area (Å²) in [5.74, 6) is -0.162. The molecule has 1 fully saturated rings. The average Bonchev–Trinajstić information content (AvgIpc) is 3.28. The van der Waals surface area contributed by atoms with Gasteiger partial charge >= 0.3 is 0 Å². The molecule has 2 aromatic rings. The summed E-state index contributed by atoms with van der Waals surface area (Å²) in [6, 6.07) is 14.1. The number of hydrazone groups is 1. The SMILES string of the molecule is O=C1N[C@@]2(CS1)Oc1ccc([N+](=O)[O-])cc1[C@@H]1CC(c3ccccc3)=NN12. The zero-order valence-corrected chi connectivity index (χ0v) is 14.8. The summed E-state index contributed by atoms with van der Waals surface area (Å²) < 4.78 is 6.13. The second-order valence-corrected chi connectivity index (χ2v) is 7.49. The lowest BCUT2D eigenvalue weighted by Gasteiger charge is -2.44. The van der Waals surface area contributed by atoms with Crippen molar-refractivity contribution in [3.05, 3.63) is 69.8 Å². The largest absolute Gasteiger partial charge is 0.447 e. The molecule has 1 spiro atoms. The molecular formula is C18H14N4O4S. The lowest BCUT2D eigenvalue weighted by atomic mass is 9.95. The van der Waals surface area contributed by atoms with Crippen molar-refractivity contribution in [2.45, 2.75) is 18.3 Å². The quantitative estimate of drug-likeness (QED) is 0.633. The molecule has 2 atom stereocenters. The van der Waals surface area contributed by atoms with Crippen LogP contribution in [0.1, 0.15) is 23.6 Å². The van der Waals surface area contributed by atoms with Gasteiger partial charge in [0, 0.05) is 24.1 Å². The number of nitrogens with one attached hydrogen (secondary N) is 1. The highest BCUT2D eigenvalue weighted by molar-refractivity contribution is 8.14. The van der Waals surface area contributed by atoms with Crippen molar-refractivity contribution in [2.24, 2.45) is 5.10 Å². The molecule has 5 rings (SSSR count). The Labute approximate surface area is 158 Å². The van der Waals surface area contributed by atoms with E-state index in [4.69, 9.17) is 9.84 Å². The molecule has 27 heavy (non-hydrogen) atoms. The Hall–Kier alpha value is -3.07. The fraction of sp³-hybridized carbons (Fsp3) is 0.222. The van der Waals surface area contributed by atoms with E-state index < -0.39 is 10.8 Å². The number of ether oxygens (including phenoxy) is 1. The average molecular weight is 382 g/mol. The minimum atomic E-state index is -1.08. The van der Waals surface area contributed by atoms with Crippen LogP contribution >= 0.6 is 11.8 Å². The van der Waals surface area contributed by atoms with E-state index in [0.29, 0.717) is 23.5 Å². The molecule has 3 aliphatic rings. The van der Waals surface area contributed by atoms with E-state index in [-0.39, 0.29) is 17.0 Å². The molecule has 136 valence electrons. The Kier molecular flexibility index (Phi) is 3.41. The Morgan fingerprint density at radius 3 is 2.81 bits per heavy atom. The number of nitrogens with zero attached hydrogens (tertiary/aromatic N) is 3. The first-order valence-corrected chi connectivity index (χ1v) is 9.39. The fourth-order valence-corrected chi connectivity index (χ4v) is 4.52. The minimum absolute atomic E-state index is 0.00578. The predicted molar refractivity (Wildman–Crippen MR) is 99.6 cm³/mol. The molecule has 0 radical (unpaired) electrons. The number of non-ortho nitro benzene ring substituents is 1. The Bertz CT molecular complexity index is 996. The number of nitro benzene ring substituents is 1. The van der Waals surface area contributed by atoms with Crippen molar-refractivity contribution in [3.8, 4) is 5.75 Å². The summed E-state index contributed by atoms with van der Waals surface area (Å²) in [6.45, 7) is 0. The topological polar surface area (TPSA) is 97.1 Å². The monoisotopic (exact) mass is 382 g/mol. The van der Waals surface area contributed by atoms with E-state index in [1.165, 1.54) is 12.1 Å². The van der Waals surface area contributed by atoms with Crippen LogP contribution in [-0.4, -0.2) is 32.5 Å². The molecule has 3 heterocycles. The van der Waals surface area contributed by atoms with Crippen LogP contribution in [0.15, 0.2) is 53.6 Å². The van der Waals surface area contributed by atoms with E-state index in [1.54, 1.807) is 11.1 Å². The first-order valence-electron chi connectivity index (χ1n) is 8.40. The van der Waals surface area contributed by atoms with Crippen LogP contribution < -0.4 is 10.1 Å². The lowest BCUT2D eigenvalue weighted by Crippen LogP contribution is -2.62. The van der Waals surface area contributed by atoms with Gasteiger partial charge in [-0.15, -0.1) is 0 Å². The molecule has 1 saturated heterocycles. The van der Waals surface area contributed by atoms with Gasteiger partial charge in [0.2, 0.25) is 0 Å². The standard InChI is InChI=1S/C18H14N4O4S/c23-17-19-18(10-27-17)21-15(9-14(20-21)11-4-2-1-3-5-11)13-8-12(22(24)25)6-7-16(13)26-18/h1-8,15H,9-10H2,(H,19,23)/t15-,18+/m0/s1. The third-order valence-electron chi connectivity index (χ3n) is 4.93. The highest BCUT2D eigenvalue weighted by Gasteiger charge is 2.55. The van der Waals surface area contributed by atoms with Crippen molar-refractivity contribution in [1.82, 2.24) is 10.3 Å². The third-order valence-corrected chi connectivity index (χ3v) is 5.83. The Balaban J connectivity index is 1.63. The molecule has 0 unspecified atom stereocenters. The first-order chi connectivity index (χ1) is 13.1. The predicted octanol–water partition coefficient (Wildman–Crippen LogP) is 3.25. The van der Waals surface area contributed by atoms with Gasteiger partial charge in [0.15, 0.2) is 0 Å². The first kappa shape index (κ1) is 16.1. The number of hydrogen-bond donors (Lipinski definition) is 1. The fourth-order valence-electron chi connectivity index (χ4n) is 3.70. The van der Waals surface area contributed by atoms with E-state index in [1.807, 2.05) is 30.3 Å². The van der Waals surface area contributed by atoms with E-state index >= 15 is 0 Å². The van der Waals surface area contributed by atoms with Crippen LogP contribution in [0.25, 0.3) is 0 Å². The molecule has 0 aliphatic carbocycles. The molecule has 0 bridgehead atoms. The highest BCUT2D eigenvalue weighted by atomic mass is 32.2. The molecule has 3 aliphatic heterocycles. The number of thioether (sulfide) groups is 1. The van der Waals surface area contributed by atoms with Crippen LogP contribution in [0.4, 0.5) is 10.5 Å². The number of benzene rings is 2.